The first-order chi connectivity index (χ1) is 5.85. The van der Waals surface area contributed by atoms with Crippen molar-refractivity contribution >= 4 is 5.91 Å². The largest absolute Gasteiger partial charge is 0.353 e. The Hall–Kier alpha value is -1.04. The molecular formula is C10H18N2O. The van der Waals surface area contributed by atoms with Crippen molar-refractivity contribution in [3.8, 4) is 6.07 Å². The summed E-state index contributed by atoms with van der Waals surface area (Å²) in [4.78, 5) is 11.3. The number of carbonyl (C=O) groups is 1. The van der Waals surface area contributed by atoms with E-state index in [1.165, 1.54) is 0 Å². The summed E-state index contributed by atoms with van der Waals surface area (Å²) in [6.45, 7) is 7.88. The van der Waals surface area contributed by atoms with E-state index in [-0.39, 0.29) is 17.4 Å². The summed E-state index contributed by atoms with van der Waals surface area (Å²) in [6, 6.07) is 1.98. The Labute approximate surface area is 80.1 Å². The predicted octanol–water partition coefficient (Wildman–Crippen LogP) is 1.84. The van der Waals surface area contributed by atoms with E-state index in [1.807, 2.05) is 33.8 Å². The van der Waals surface area contributed by atoms with Gasteiger partial charge in [0.05, 0.1) is 12.5 Å². The summed E-state index contributed by atoms with van der Waals surface area (Å²) in [5.41, 5.74) is 0.0104. The average Bonchev–Trinajstić information content (AvgIpc) is 1.81. The molecule has 3 heteroatoms. The van der Waals surface area contributed by atoms with E-state index in [1.54, 1.807) is 0 Å². The molecule has 0 aromatic rings. The summed E-state index contributed by atoms with van der Waals surface area (Å²) in [5.74, 6) is 0.0234. The highest BCUT2D eigenvalue weighted by Gasteiger charge is 2.16. The molecule has 3 nitrogen and oxygen atoms in total. The maximum atomic E-state index is 11.3. The molecule has 1 unspecified atom stereocenters. The average molecular weight is 182 g/mol. The van der Waals surface area contributed by atoms with E-state index in [0.29, 0.717) is 12.8 Å². The molecule has 0 bridgehead atoms. The van der Waals surface area contributed by atoms with Gasteiger partial charge in [-0.3, -0.25) is 4.79 Å². The van der Waals surface area contributed by atoms with Gasteiger partial charge in [0.25, 0.3) is 0 Å². The molecule has 0 aromatic heterocycles. The number of nitriles is 1. The van der Waals surface area contributed by atoms with Crippen LogP contribution in [0.5, 0.6) is 0 Å². The normalized spacial score (nSPS) is 13.2. The number of hydrogen-bond acceptors (Lipinski definition) is 2. The molecule has 0 aliphatic heterocycles. The van der Waals surface area contributed by atoms with Crippen molar-refractivity contribution in [2.45, 2.75) is 46.6 Å². The zero-order valence-electron chi connectivity index (χ0n) is 8.85. The smallest absolute Gasteiger partial charge is 0.220 e. The van der Waals surface area contributed by atoms with E-state index in [9.17, 15) is 4.79 Å². The fourth-order valence-corrected chi connectivity index (χ4v) is 0.995. The van der Waals surface area contributed by atoms with Gasteiger partial charge in [0.2, 0.25) is 5.91 Å². The van der Waals surface area contributed by atoms with Gasteiger partial charge in [0.15, 0.2) is 0 Å². The molecule has 0 heterocycles. The van der Waals surface area contributed by atoms with E-state index < -0.39 is 0 Å². The Morgan fingerprint density at radius 1 is 1.54 bits per heavy atom. The van der Waals surface area contributed by atoms with Crippen molar-refractivity contribution in [3.05, 3.63) is 0 Å². The summed E-state index contributed by atoms with van der Waals surface area (Å²) in [6.07, 6.45) is 0.874. The molecule has 0 aliphatic rings. The molecule has 0 rings (SSSR count). The van der Waals surface area contributed by atoms with Crippen molar-refractivity contribution in [2.75, 3.05) is 0 Å². The van der Waals surface area contributed by atoms with Crippen molar-refractivity contribution in [1.82, 2.24) is 5.32 Å². The van der Waals surface area contributed by atoms with E-state index in [0.717, 1.165) is 0 Å². The Kier molecular flexibility index (Phi) is 4.47. The molecule has 0 saturated heterocycles. The SMILES string of the molecule is CC(CC#N)NC(=O)CC(C)(C)C. The summed E-state index contributed by atoms with van der Waals surface area (Å²) in [5, 5.41) is 11.2. The summed E-state index contributed by atoms with van der Waals surface area (Å²) in [7, 11) is 0. The molecular weight excluding hydrogens is 164 g/mol. The second-order valence-corrected chi connectivity index (χ2v) is 4.57. The third kappa shape index (κ3) is 7.32. The molecule has 0 saturated carbocycles. The van der Waals surface area contributed by atoms with Crippen LogP contribution < -0.4 is 5.32 Å². The van der Waals surface area contributed by atoms with Crippen LogP contribution in [-0.4, -0.2) is 11.9 Å². The highest BCUT2D eigenvalue weighted by atomic mass is 16.1. The lowest BCUT2D eigenvalue weighted by Gasteiger charge is -2.18. The van der Waals surface area contributed by atoms with Gasteiger partial charge in [0, 0.05) is 12.5 Å². The zero-order valence-corrected chi connectivity index (χ0v) is 8.85. The lowest BCUT2D eigenvalue weighted by atomic mass is 9.92. The van der Waals surface area contributed by atoms with Gasteiger partial charge < -0.3 is 5.32 Å². The van der Waals surface area contributed by atoms with E-state index in [4.69, 9.17) is 5.26 Å². The highest BCUT2D eigenvalue weighted by molar-refractivity contribution is 5.76. The number of carbonyl (C=O) groups excluding carboxylic acids is 1. The fourth-order valence-electron chi connectivity index (χ4n) is 0.995. The van der Waals surface area contributed by atoms with Gasteiger partial charge in [-0.2, -0.15) is 5.26 Å². The molecule has 74 valence electrons. The van der Waals surface area contributed by atoms with Crippen LogP contribution in [0.25, 0.3) is 0 Å². The zero-order chi connectivity index (χ0) is 10.5. The number of hydrogen-bond donors (Lipinski definition) is 1. The van der Waals surface area contributed by atoms with Crippen molar-refractivity contribution in [3.63, 3.8) is 0 Å². The van der Waals surface area contributed by atoms with Gasteiger partial charge in [-0.25, -0.2) is 0 Å². The molecule has 1 amide bonds. The topological polar surface area (TPSA) is 52.9 Å². The Bertz CT molecular complexity index is 210. The van der Waals surface area contributed by atoms with Crippen LogP contribution in [0.2, 0.25) is 0 Å². The van der Waals surface area contributed by atoms with Crippen molar-refractivity contribution in [1.29, 1.82) is 5.26 Å². The Morgan fingerprint density at radius 2 is 2.08 bits per heavy atom. The predicted molar refractivity (Wildman–Crippen MR) is 51.9 cm³/mol. The van der Waals surface area contributed by atoms with Crippen LogP contribution in [0.15, 0.2) is 0 Å². The maximum absolute atomic E-state index is 11.3. The molecule has 1 atom stereocenters. The van der Waals surface area contributed by atoms with Crippen molar-refractivity contribution < 1.29 is 4.79 Å². The molecule has 0 fully saturated rings. The van der Waals surface area contributed by atoms with E-state index in [2.05, 4.69) is 5.32 Å². The number of nitrogens with zero attached hydrogens (tertiary/aromatic N) is 1. The molecule has 1 N–H and O–H groups in total. The third-order valence-corrected chi connectivity index (χ3v) is 1.50. The second-order valence-electron chi connectivity index (χ2n) is 4.57. The van der Waals surface area contributed by atoms with Crippen molar-refractivity contribution in [2.24, 2.45) is 5.41 Å². The fraction of sp³-hybridized carbons (Fsp3) is 0.800. The second kappa shape index (κ2) is 4.86. The molecule has 13 heavy (non-hydrogen) atoms. The summed E-state index contributed by atoms with van der Waals surface area (Å²) < 4.78 is 0. The first kappa shape index (κ1) is 12.0. The van der Waals surface area contributed by atoms with Crippen LogP contribution in [-0.2, 0) is 4.79 Å². The number of amides is 1. The van der Waals surface area contributed by atoms with Gasteiger partial charge in [-0.05, 0) is 12.3 Å². The molecule has 0 aliphatic carbocycles. The Morgan fingerprint density at radius 3 is 2.46 bits per heavy atom. The van der Waals surface area contributed by atoms with Gasteiger partial charge in [0.1, 0.15) is 0 Å². The monoisotopic (exact) mass is 182 g/mol. The lowest BCUT2D eigenvalue weighted by Crippen LogP contribution is -2.34. The van der Waals surface area contributed by atoms with Gasteiger partial charge in [-0.1, -0.05) is 20.8 Å². The summed E-state index contributed by atoms with van der Waals surface area (Å²) >= 11 is 0. The molecule has 0 aromatic carbocycles. The maximum Gasteiger partial charge on any atom is 0.220 e. The minimum atomic E-state index is -0.0418. The first-order valence-electron chi connectivity index (χ1n) is 4.51. The standard InChI is InChI=1S/C10H18N2O/c1-8(5-6-11)12-9(13)7-10(2,3)4/h8H,5,7H2,1-4H3,(H,12,13). The quantitative estimate of drug-likeness (QED) is 0.724. The molecule has 0 radical (unpaired) electrons. The first-order valence-corrected chi connectivity index (χ1v) is 4.51. The highest BCUT2D eigenvalue weighted by Crippen LogP contribution is 2.17. The minimum Gasteiger partial charge on any atom is -0.353 e. The number of rotatable bonds is 3. The van der Waals surface area contributed by atoms with Crippen LogP contribution in [0.4, 0.5) is 0 Å². The van der Waals surface area contributed by atoms with Crippen LogP contribution in [0.1, 0.15) is 40.5 Å². The van der Waals surface area contributed by atoms with Gasteiger partial charge in [-0.15, -0.1) is 0 Å². The van der Waals surface area contributed by atoms with Gasteiger partial charge >= 0.3 is 0 Å². The number of nitrogens with one attached hydrogen (secondary N) is 1. The van der Waals surface area contributed by atoms with Crippen LogP contribution in [0, 0.1) is 16.7 Å². The van der Waals surface area contributed by atoms with Crippen LogP contribution >= 0.6 is 0 Å². The van der Waals surface area contributed by atoms with Crippen LogP contribution in [0.3, 0.4) is 0 Å². The molecule has 0 spiro atoms. The van der Waals surface area contributed by atoms with E-state index >= 15 is 0 Å². The Balaban J connectivity index is 3.83. The minimum absolute atomic E-state index is 0.0104. The third-order valence-electron chi connectivity index (χ3n) is 1.50. The lowest BCUT2D eigenvalue weighted by molar-refractivity contribution is -0.123.